The van der Waals surface area contributed by atoms with Crippen molar-refractivity contribution in [1.29, 1.82) is 0 Å². The first-order valence-corrected chi connectivity index (χ1v) is 8.86. The van der Waals surface area contributed by atoms with Crippen LogP contribution in [0.4, 0.5) is 0 Å². The van der Waals surface area contributed by atoms with Crippen LogP contribution in [0.5, 0.6) is 0 Å². The maximum Gasteiger partial charge on any atom is 0.168 e. The van der Waals surface area contributed by atoms with Crippen LogP contribution in [0, 0.1) is 0 Å². The zero-order valence-corrected chi connectivity index (χ0v) is 12.9. The van der Waals surface area contributed by atoms with Gasteiger partial charge in [0.05, 0.1) is 0 Å². The Morgan fingerprint density at radius 1 is 0.950 bits per heavy atom. The van der Waals surface area contributed by atoms with E-state index >= 15 is 0 Å². The first-order valence-electron chi connectivity index (χ1n) is 7.15. The molecule has 0 saturated carbocycles. The van der Waals surface area contributed by atoms with Crippen molar-refractivity contribution in [2.75, 3.05) is 0 Å². The lowest BCUT2D eigenvalue weighted by Crippen LogP contribution is -2.15. The van der Waals surface area contributed by atoms with Crippen LogP contribution in [-0.4, -0.2) is 0 Å². The second-order valence-corrected chi connectivity index (χ2v) is 8.04. The van der Waals surface area contributed by atoms with Crippen LogP contribution in [0.25, 0.3) is 5.57 Å². The Morgan fingerprint density at radius 2 is 1.60 bits per heavy atom. The minimum absolute atomic E-state index is 0.909. The average Bonchev–Trinajstić information content (AvgIpc) is 2.72. The van der Waals surface area contributed by atoms with Crippen molar-refractivity contribution in [2.24, 2.45) is 0 Å². The van der Waals surface area contributed by atoms with E-state index in [9.17, 15) is 4.57 Å². The summed E-state index contributed by atoms with van der Waals surface area (Å²) < 4.78 is 13.9. The van der Waals surface area contributed by atoms with Crippen molar-refractivity contribution in [2.45, 2.75) is 26.7 Å². The van der Waals surface area contributed by atoms with Crippen LogP contribution in [0.3, 0.4) is 0 Å². The Hall–Kier alpha value is -1.59. The van der Waals surface area contributed by atoms with Gasteiger partial charge in [-0.2, -0.15) is 0 Å². The first-order chi connectivity index (χ1) is 9.69. The molecule has 0 radical (unpaired) electrons. The third kappa shape index (κ3) is 1.81. The Kier molecular flexibility index (Phi) is 3.40. The predicted molar refractivity (Wildman–Crippen MR) is 87.3 cm³/mol. The summed E-state index contributed by atoms with van der Waals surface area (Å²) in [7, 11) is -2.62. The van der Waals surface area contributed by atoms with Gasteiger partial charge in [-0.25, -0.2) is 0 Å². The first kappa shape index (κ1) is 13.4. The predicted octanol–water partition coefficient (Wildman–Crippen LogP) is 4.55. The lowest BCUT2D eigenvalue weighted by molar-refractivity contribution is 0.590. The van der Waals surface area contributed by atoms with E-state index in [-0.39, 0.29) is 0 Å². The molecule has 0 aromatic heterocycles. The molecule has 0 spiro atoms. The van der Waals surface area contributed by atoms with Crippen LogP contribution in [0.15, 0.2) is 59.9 Å². The van der Waals surface area contributed by atoms with Crippen molar-refractivity contribution >= 4 is 23.3 Å². The summed E-state index contributed by atoms with van der Waals surface area (Å²) in [4.78, 5) is 0. The molecule has 20 heavy (non-hydrogen) atoms. The van der Waals surface area contributed by atoms with Crippen molar-refractivity contribution in [3.63, 3.8) is 0 Å². The molecular formula is C18H19OP. The third-order valence-electron chi connectivity index (χ3n) is 4.07. The summed E-state index contributed by atoms with van der Waals surface area (Å²) in [6.07, 6.45) is 1.93. The zero-order chi connectivity index (χ0) is 14.2. The Morgan fingerprint density at radius 3 is 2.30 bits per heavy atom. The summed E-state index contributed by atoms with van der Waals surface area (Å²) in [6, 6.07) is 18.1. The summed E-state index contributed by atoms with van der Waals surface area (Å²) in [5, 5.41) is 3.13. The molecule has 1 nitrogen and oxygen atoms in total. The van der Waals surface area contributed by atoms with Gasteiger partial charge >= 0.3 is 0 Å². The SMILES string of the molecule is CCCC1=C(C)c2ccccc2P1(=O)c1ccccc1. The third-order valence-corrected chi connectivity index (χ3v) is 7.48. The maximum absolute atomic E-state index is 13.9. The van der Waals surface area contributed by atoms with E-state index in [1.165, 1.54) is 11.1 Å². The van der Waals surface area contributed by atoms with E-state index in [2.05, 4.69) is 19.9 Å². The van der Waals surface area contributed by atoms with Gasteiger partial charge in [0, 0.05) is 15.9 Å². The highest BCUT2D eigenvalue weighted by Crippen LogP contribution is 2.61. The quantitative estimate of drug-likeness (QED) is 0.755. The highest BCUT2D eigenvalue weighted by atomic mass is 31.2. The summed E-state index contributed by atoms with van der Waals surface area (Å²) >= 11 is 0. The molecule has 3 rings (SSSR count). The normalized spacial score (nSPS) is 21.1. The molecular weight excluding hydrogens is 263 g/mol. The second-order valence-electron chi connectivity index (χ2n) is 5.28. The molecule has 1 atom stereocenters. The van der Waals surface area contributed by atoms with Crippen LogP contribution in [-0.2, 0) is 4.57 Å². The standard InChI is InChI=1S/C18H19OP/c1-3-9-17-14(2)16-12-7-8-13-18(16)20(17,19)15-10-5-4-6-11-15/h4-8,10-13H,3,9H2,1-2H3. The van der Waals surface area contributed by atoms with Crippen molar-refractivity contribution < 1.29 is 4.57 Å². The molecule has 1 unspecified atom stereocenters. The van der Waals surface area contributed by atoms with Crippen molar-refractivity contribution in [3.05, 3.63) is 65.5 Å². The average molecular weight is 282 g/mol. The van der Waals surface area contributed by atoms with Gasteiger partial charge in [0.2, 0.25) is 0 Å². The van der Waals surface area contributed by atoms with E-state index < -0.39 is 7.14 Å². The van der Waals surface area contributed by atoms with E-state index in [1.54, 1.807) is 0 Å². The molecule has 0 aliphatic carbocycles. The topological polar surface area (TPSA) is 17.1 Å². The minimum atomic E-state index is -2.62. The van der Waals surface area contributed by atoms with Gasteiger partial charge in [0.1, 0.15) is 0 Å². The Labute approximate surface area is 120 Å². The molecule has 2 aromatic rings. The molecule has 102 valence electrons. The van der Waals surface area contributed by atoms with Gasteiger partial charge in [0.15, 0.2) is 7.14 Å². The fourth-order valence-electron chi connectivity index (χ4n) is 3.12. The number of hydrogen-bond acceptors (Lipinski definition) is 1. The number of benzene rings is 2. The Bertz CT molecular complexity index is 713. The monoisotopic (exact) mass is 282 g/mol. The van der Waals surface area contributed by atoms with Gasteiger partial charge in [0.25, 0.3) is 0 Å². The van der Waals surface area contributed by atoms with E-state index in [0.29, 0.717) is 0 Å². The van der Waals surface area contributed by atoms with Crippen LogP contribution in [0.2, 0.25) is 0 Å². The molecule has 0 fully saturated rings. The van der Waals surface area contributed by atoms with Gasteiger partial charge in [-0.3, -0.25) is 0 Å². The molecule has 0 bridgehead atoms. The molecule has 0 saturated heterocycles. The summed E-state index contributed by atoms with van der Waals surface area (Å²) in [5.41, 5.74) is 2.39. The molecule has 1 heterocycles. The number of allylic oxidation sites excluding steroid dienone is 2. The van der Waals surface area contributed by atoms with Gasteiger partial charge in [-0.05, 0) is 24.5 Å². The van der Waals surface area contributed by atoms with Crippen LogP contribution >= 0.6 is 7.14 Å². The number of rotatable bonds is 3. The lowest BCUT2D eigenvalue weighted by Gasteiger charge is -2.18. The van der Waals surface area contributed by atoms with Gasteiger partial charge in [-0.15, -0.1) is 0 Å². The lowest BCUT2D eigenvalue weighted by atomic mass is 10.1. The van der Waals surface area contributed by atoms with E-state index in [4.69, 9.17) is 0 Å². The minimum Gasteiger partial charge on any atom is -0.309 e. The molecule has 2 aromatic carbocycles. The maximum atomic E-state index is 13.9. The second kappa shape index (κ2) is 5.07. The molecule has 1 aliphatic rings. The van der Waals surface area contributed by atoms with E-state index in [0.717, 1.165) is 28.8 Å². The zero-order valence-electron chi connectivity index (χ0n) is 12.0. The molecule has 1 aliphatic heterocycles. The summed E-state index contributed by atoms with van der Waals surface area (Å²) in [5.74, 6) is 0. The molecule has 0 N–H and O–H groups in total. The van der Waals surface area contributed by atoms with Gasteiger partial charge < -0.3 is 4.57 Å². The van der Waals surface area contributed by atoms with Crippen molar-refractivity contribution in [3.8, 4) is 0 Å². The molecule has 0 amide bonds. The number of hydrogen-bond donors (Lipinski definition) is 0. The highest BCUT2D eigenvalue weighted by molar-refractivity contribution is 7.83. The fraction of sp³-hybridized carbons (Fsp3) is 0.222. The fourth-order valence-corrected chi connectivity index (χ4v) is 6.60. The molecule has 2 heteroatoms. The largest absolute Gasteiger partial charge is 0.309 e. The highest BCUT2D eigenvalue weighted by Gasteiger charge is 2.39. The van der Waals surface area contributed by atoms with Gasteiger partial charge in [-0.1, -0.05) is 67.9 Å². The van der Waals surface area contributed by atoms with Crippen molar-refractivity contribution in [1.82, 2.24) is 0 Å². The van der Waals surface area contributed by atoms with E-state index in [1.807, 2.05) is 48.5 Å². The Balaban J connectivity index is 2.30. The van der Waals surface area contributed by atoms with Crippen LogP contribution < -0.4 is 10.6 Å². The number of fused-ring (bicyclic) bond motifs is 1. The van der Waals surface area contributed by atoms with Crippen LogP contribution in [0.1, 0.15) is 32.3 Å². The summed E-state index contributed by atoms with van der Waals surface area (Å²) in [6.45, 7) is 4.27. The smallest absolute Gasteiger partial charge is 0.168 e.